The molecule has 0 unspecified atom stereocenters. The maximum atomic E-state index is 12.1. The fraction of sp³-hybridized carbons (Fsp3) is 0.600. The van der Waals surface area contributed by atoms with Gasteiger partial charge >= 0.3 is 5.97 Å². The minimum atomic E-state index is -0.409. The van der Waals surface area contributed by atoms with Gasteiger partial charge in [-0.05, 0) is 31.4 Å². The van der Waals surface area contributed by atoms with Crippen molar-refractivity contribution in [2.75, 3.05) is 13.2 Å². The summed E-state index contributed by atoms with van der Waals surface area (Å²) >= 11 is 6.65. The van der Waals surface area contributed by atoms with E-state index < -0.39 is 5.97 Å². The van der Waals surface area contributed by atoms with Crippen LogP contribution >= 0.6 is 22.9 Å². The molecular formula is C10H12ClN3O3S. The average Bonchev–Trinajstić information content (AvgIpc) is 3.08. The second-order valence-electron chi connectivity index (χ2n) is 3.83. The first-order chi connectivity index (χ1) is 8.61. The molecule has 1 aliphatic rings. The van der Waals surface area contributed by atoms with E-state index in [1.807, 2.05) is 0 Å². The monoisotopic (exact) mass is 289 g/mol. The van der Waals surface area contributed by atoms with E-state index in [-0.39, 0.29) is 28.0 Å². The normalized spacial score (nSPS) is 14.3. The lowest BCUT2D eigenvalue weighted by molar-refractivity contribution is -0.144. The minimum Gasteiger partial charge on any atom is -0.465 e. The van der Waals surface area contributed by atoms with Crippen LogP contribution in [0.5, 0.6) is 0 Å². The van der Waals surface area contributed by atoms with Gasteiger partial charge in [0.1, 0.15) is 6.54 Å². The Kier molecular flexibility index (Phi) is 4.13. The van der Waals surface area contributed by atoms with Crippen LogP contribution in [0.3, 0.4) is 0 Å². The average molecular weight is 290 g/mol. The Balaban J connectivity index is 2.05. The number of carbonyl (C=O) groups excluding carboxylic acids is 2. The summed E-state index contributed by atoms with van der Waals surface area (Å²) in [5, 5.41) is 7.48. The smallest absolute Gasteiger partial charge is 0.325 e. The SMILES string of the molecule is CCOC(=O)CN(C(=O)c1nnc(Cl)s1)C1CC1. The van der Waals surface area contributed by atoms with Crippen LogP contribution in [0.1, 0.15) is 29.6 Å². The number of halogens is 1. The lowest BCUT2D eigenvalue weighted by atomic mass is 10.4. The van der Waals surface area contributed by atoms with Gasteiger partial charge in [-0.2, -0.15) is 0 Å². The first-order valence-corrected chi connectivity index (χ1v) is 6.77. The molecule has 0 radical (unpaired) electrons. The summed E-state index contributed by atoms with van der Waals surface area (Å²) in [4.78, 5) is 25.1. The molecule has 98 valence electrons. The third-order valence-electron chi connectivity index (χ3n) is 2.44. The van der Waals surface area contributed by atoms with Crippen molar-refractivity contribution < 1.29 is 14.3 Å². The van der Waals surface area contributed by atoms with Gasteiger partial charge in [0.25, 0.3) is 5.91 Å². The molecule has 1 fully saturated rings. The molecule has 1 saturated carbocycles. The van der Waals surface area contributed by atoms with Gasteiger partial charge in [-0.1, -0.05) is 11.3 Å². The van der Waals surface area contributed by atoms with E-state index in [0.29, 0.717) is 6.61 Å². The fourth-order valence-corrected chi connectivity index (χ4v) is 2.30. The number of ether oxygens (including phenoxy) is 1. The van der Waals surface area contributed by atoms with Crippen molar-refractivity contribution in [2.45, 2.75) is 25.8 Å². The molecule has 0 bridgehead atoms. The topological polar surface area (TPSA) is 72.4 Å². The van der Waals surface area contributed by atoms with Gasteiger partial charge < -0.3 is 9.64 Å². The Hall–Kier alpha value is -1.21. The van der Waals surface area contributed by atoms with Crippen LogP contribution in [0.2, 0.25) is 4.47 Å². The summed E-state index contributed by atoms with van der Waals surface area (Å²) in [6.45, 7) is 1.98. The number of amides is 1. The predicted molar refractivity (Wildman–Crippen MR) is 65.6 cm³/mol. The number of carbonyl (C=O) groups is 2. The van der Waals surface area contributed by atoms with Crippen molar-refractivity contribution in [3.8, 4) is 0 Å². The van der Waals surface area contributed by atoms with Crippen LogP contribution in [-0.4, -0.2) is 46.2 Å². The van der Waals surface area contributed by atoms with Gasteiger partial charge in [0.15, 0.2) is 0 Å². The molecule has 1 amide bonds. The van der Waals surface area contributed by atoms with E-state index in [0.717, 1.165) is 24.2 Å². The van der Waals surface area contributed by atoms with Crippen molar-refractivity contribution in [2.24, 2.45) is 0 Å². The van der Waals surface area contributed by atoms with Crippen LogP contribution in [0.4, 0.5) is 0 Å². The summed E-state index contributed by atoms with van der Waals surface area (Å²) in [5.41, 5.74) is 0. The number of esters is 1. The maximum Gasteiger partial charge on any atom is 0.325 e. The van der Waals surface area contributed by atoms with Crippen LogP contribution in [-0.2, 0) is 9.53 Å². The highest BCUT2D eigenvalue weighted by Gasteiger charge is 2.36. The standard InChI is InChI=1S/C10H12ClN3O3S/c1-2-17-7(15)5-14(6-3-4-6)9(16)8-12-13-10(11)18-8/h6H,2-5H2,1H3. The highest BCUT2D eigenvalue weighted by atomic mass is 35.5. The van der Waals surface area contributed by atoms with Crippen LogP contribution in [0, 0.1) is 0 Å². The van der Waals surface area contributed by atoms with Gasteiger partial charge in [0.2, 0.25) is 9.47 Å². The van der Waals surface area contributed by atoms with E-state index in [1.165, 1.54) is 4.90 Å². The molecule has 0 atom stereocenters. The lowest BCUT2D eigenvalue weighted by Crippen LogP contribution is -2.38. The van der Waals surface area contributed by atoms with Gasteiger partial charge in [-0.25, -0.2) is 0 Å². The maximum absolute atomic E-state index is 12.1. The molecule has 18 heavy (non-hydrogen) atoms. The largest absolute Gasteiger partial charge is 0.465 e. The number of hydrogen-bond donors (Lipinski definition) is 0. The zero-order valence-corrected chi connectivity index (χ0v) is 11.3. The minimum absolute atomic E-state index is 0.0471. The third-order valence-corrected chi connectivity index (χ3v) is 3.44. The highest BCUT2D eigenvalue weighted by Crippen LogP contribution is 2.29. The van der Waals surface area contributed by atoms with E-state index in [4.69, 9.17) is 16.3 Å². The Morgan fingerprint density at radius 1 is 1.50 bits per heavy atom. The number of aromatic nitrogens is 2. The first kappa shape index (κ1) is 13.2. The zero-order chi connectivity index (χ0) is 13.1. The Morgan fingerprint density at radius 3 is 2.72 bits per heavy atom. The van der Waals surface area contributed by atoms with Crippen LogP contribution in [0.25, 0.3) is 0 Å². The molecule has 1 aromatic heterocycles. The number of hydrogen-bond acceptors (Lipinski definition) is 6. The molecule has 0 aromatic carbocycles. The molecule has 8 heteroatoms. The molecule has 0 aliphatic heterocycles. The predicted octanol–water partition coefficient (Wildman–Crippen LogP) is 1.36. The van der Waals surface area contributed by atoms with Crippen molar-refractivity contribution in [3.63, 3.8) is 0 Å². The van der Waals surface area contributed by atoms with E-state index in [1.54, 1.807) is 6.92 Å². The zero-order valence-electron chi connectivity index (χ0n) is 9.76. The van der Waals surface area contributed by atoms with Crippen LogP contribution < -0.4 is 0 Å². The first-order valence-electron chi connectivity index (χ1n) is 5.57. The van der Waals surface area contributed by atoms with Crippen LogP contribution in [0.15, 0.2) is 0 Å². The Morgan fingerprint density at radius 2 is 2.22 bits per heavy atom. The van der Waals surface area contributed by atoms with Gasteiger partial charge in [-0.3, -0.25) is 9.59 Å². The Labute approximate surface area is 113 Å². The molecule has 0 spiro atoms. The quantitative estimate of drug-likeness (QED) is 0.765. The molecular weight excluding hydrogens is 278 g/mol. The van der Waals surface area contributed by atoms with E-state index in [2.05, 4.69) is 10.2 Å². The summed E-state index contributed by atoms with van der Waals surface area (Å²) < 4.78 is 5.06. The van der Waals surface area contributed by atoms with Gasteiger partial charge in [-0.15, -0.1) is 10.2 Å². The summed E-state index contributed by atoms with van der Waals surface area (Å²) in [5.74, 6) is -0.719. The molecule has 2 rings (SSSR count). The molecule has 1 heterocycles. The fourth-order valence-electron chi connectivity index (χ4n) is 1.51. The number of rotatable bonds is 5. The highest BCUT2D eigenvalue weighted by molar-refractivity contribution is 7.17. The van der Waals surface area contributed by atoms with Crippen molar-refractivity contribution in [1.82, 2.24) is 15.1 Å². The van der Waals surface area contributed by atoms with E-state index in [9.17, 15) is 9.59 Å². The summed E-state index contributed by atoms with van der Waals surface area (Å²) in [7, 11) is 0. The molecule has 6 nitrogen and oxygen atoms in total. The number of nitrogens with zero attached hydrogens (tertiary/aromatic N) is 3. The Bertz CT molecular complexity index is 461. The summed E-state index contributed by atoms with van der Waals surface area (Å²) in [6.07, 6.45) is 1.80. The molecule has 1 aromatic rings. The molecule has 0 saturated heterocycles. The third kappa shape index (κ3) is 3.17. The molecule has 0 N–H and O–H groups in total. The lowest BCUT2D eigenvalue weighted by Gasteiger charge is -2.19. The van der Waals surface area contributed by atoms with Crippen molar-refractivity contribution in [3.05, 3.63) is 9.47 Å². The molecule has 1 aliphatic carbocycles. The second kappa shape index (κ2) is 5.62. The van der Waals surface area contributed by atoms with Gasteiger partial charge in [0, 0.05) is 6.04 Å². The van der Waals surface area contributed by atoms with Gasteiger partial charge in [0.05, 0.1) is 6.61 Å². The van der Waals surface area contributed by atoms with Crippen molar-refractivity contribution >= 4 is 34.8 Å². The summed E-state index contributed by atoms with van der Waals surface area (Å²) in [6, 6.07) is 0.101. The second-order valence-corrected chi connectivity index (χ2v) is 5.39. The van der Waals surface area contributed by atoms with E-state index >= 15 is 0 Å². The van der Waals surface area contributed by atoms with Crippen molar-refractivity contribution in [1.29, 1.82) is 0 Å².